The van der Waals surface area contributed by atoms with E-state index < -0.39 is 6.10 Å². The Kier molecular flexibility index (Phi) is 53.4. The van der Waals surface area contributed by atoms with E-state index in [4.69, 9.17) is 14.2 Å². The van der Waals surface area contributed by atoms with Crippen molar-refractivity contribution >= 4 is 17.9 Å². The number of hydrogen-bond donors (Lipinski definition) is 0. The zero-order valence-electron chi connectivity index (χ0n) is 44.6. The summed E-state index contributed by atoms with van der Waals surface area (Å²) < 4.78 is 16.8. The lowest BCUT2D eigenvalue weighted by atomic mass is 10.1. The van der Waals surface area contributed by atoms with Crippen LogP contribution in [0.15, 0.2) is 85.1 Å². The molecule has 0 aliphatic rings. The summed E-state index contributed by atoms with van der Waals surface area (Å²) in [5, 5.41) is 0. The lowest BCUT2D eigenvalue weighted by Crippen LogP contribution is -2.30. The van der Waals surface area contributed by atoms with Gasteiger partial charge in [-0.3, -0.25) is 14.4 Å². The van der Waals surface area contributed by atoms with Gasteiger partial charge in [0.1, 0.15) is 13.2 Å². The predicted molar refractivity (Wildman–Crippen MR) is 293 cm³/mol. The summed E-state index contributed by atoms with van der Waals surface area (Å²) in [6.07, 6.45) is 72.9. The van der Waals surface area contributed by atoms with Crippen molar-refractivity contribution in [3.63, 3.8) is 0 Å². The maximum Gasteiger partial charge on any atom is 0.306 e. The second-order valence-corrected chi connectivity index (χ2v) is 18.8. The number of carbonyl (C=O) groups excluding carboxylic acids is 3. The summed E-state index contributed by atoms with van der Waals surface area (Å²) in [5.74, 6) is -0.942. The first-order chi connectivity index (χ1) is 33.5. The van der Waals surface area contributed by atoms with Crippen molar-refractivity contribution in [2.45, 2.75) is 277 Å². The van der Waals surface area contributed by atoms with Crippen LogP contribution in [-0.2, 0) is 28.6 Å². The van der Waals surface area contributed by atoms with E-state index in [0.717, 1.165) is 116 Å². The largest absolute Gasteiger partial charge is 0.462 e. The number of rotatable bonds is 51. The van der Waals surface area contributed by atoms with Crippen molar-refractivity contribution in [3.8, 4) is 0 Å². The zero-order chi connectivity index (χ0) is 49.3. The molecule has 6 heteroatoms. The fourth-order valence-corrected chi connectivity index (χ4v) is 7.81. The fraction of sp³-hybridized carbons (Fsp3) is 0.726. The highest BCUT2D eigenvalue weighted by molar-refractivity contribution is 5.71. The van der Waals surface area contributed by atoms with Gasteiger partial charge in [0.2, 0.25) is 0 Å². The average Bonchev–Trinajstić information content (AvgIpc) is 3.34. The van der Waals surface area contributed by atoms with Crippen LogP contribution in [0.1, 0.15) is 271 Å². The smallest absolute Gasteiger partial charge is 0.306 e. The van der Waals surface area contributed by atoms with Crippen molar-refractivity contribution in [2.75, 3.05) is 13.2 Å². The third-order valence-corrected chi connectivity index (χ3v) is 12.1. The standard InChI is InChI=1S/C62H106O6/c1-4-7-10-13-16-19-22-25-27-29-30-31-32-33-35-37-40-43-46-49-52-55-61(64)67-58-59(57-66-60(63)54-51-48-45-42-39-36-24-21-18-15-12-9-6-3)68-62(65)56-53-50-47-44-41-38-34-28-26-23-20-17-14-11-8-5-2/h9,12,18,21-22,25,28-30,32-34,36,39,59H,4-8,10-11,13-17,19-20,23-24,26-27,31,35,37-38,40-58H2,1-3H3/b12-9-,21-18-,25-22-,30-29-,33-32-,34-28-,39-36-. The first-order valence-electron chi connectivity index (χ1n) is 28.6. The molecule has 68 heavy (non-hydrogen) atoms. The minimum atomic E-state index is -0.799. The van der Waals surface area contributed by atoms with Crippen molar-refractivity contribution in [1.82, 2.24) is 0 Å². The van der Waals surface area contributed by atoms with Gasteiger partial charge in [-0.1, -0.05) is 221 Å². The molecule has 0 saturated heterocycles. The third-order valence-electron chi connectivity index (χ3n) is 12.1. The Balaban J connectivity index is 4.42. The van der Waals surface area contributed by atoms with E-state index in [2.05, 4.69) is 106 Å². The van der Waals surface area contributed by atoms with Crippen molar-refractivity contribution in [2.24, 2.45) is 0 Å². The van der Waals surface area contributed by atoms with Gasteiger partial charge in [-0.25, -0.2) is 0 Å². The molecule has 0 fully saturated rings. The van der Waals surface area contributed by atoms with Crippen LogP contribution < -0.4 is 0 Å². The number of carbonyl (C=O) groups is 3. The second-order valence-electron chi connectivity index (χ2n) is 18.8. The molecule has 0 rings (SSSR count). The normalized spacial score (nSPS) is 12.7. The Morgan fingerprint density at radius 2 is 0.574 bits per heavy atom. The van der Waals surface area contributed by atoms with Crippen molar-refractivity contribution in [3.05, 3.63) is 85.1 Å². The topological polar surface area (TPSA) is 78.9 Å². The molecule has 0 N–H and O–H groups in total. The first-order valence-corrected chi connectivity index (χ1v) is 28.6. The highest BCUT2D eigenvalue weighted by Gasteiger charge is 2.19. The summed E-state index contributed by atoms with van der Waals surface area (Å²) in [5.41, 5.74) is 0. The molecule has 0 aromatic heterocycles. The summed E-state index contributed by atoms with van der Waals surface area (Å²) in [6, 6.07) is 0. The molecule has 1 atom stereocenters. The fourth-order valence-electron chi connectivity index (χ4n) is 7.81. The van der Waals surface area contributed by atoms with Gasteiger partial charge < -0.3 is 14.2 Å². The Morgan fingerprint density at radius 1 is 0.309 bits per heavy atom. The molecule has 390 valence electrons. The maximum atomic E-state index is 12.8. The lowest BCUT2D eigenvalue weighted by Gasteiger charge is -2.18. The van der Waals surface area contributed by atoms with Crippen LogP contribution >= 0.6 is 0 Å². The number of hydrogen-bond acceptors (Lipinski definition) is 6. The van der Waals surface area contributed by atoms with E-state index in [1.807, 2.05) is 0 Å². The summed E-state index contributed by atoms with van der Waals surface area (Å²) >= 11 is 0. The van der Waals surface area contributed by atoms with Crippen LogP contribution in [0.25, 0.3) is 0 Å². The molecule has 0 saturated carbocycles. The summed E-state index contributed by atoms with van der Waals surface area (Å²) in [7, 11) is 0. The van der Waals surface area contributed by atoms with Gasteiger partial charge in [0.25, 0.3) is 0 Å². The molecule has 0 amide bonds. The Morgan fingerprint density at radius 3 is 0.926 bits per heavy atom. The van der Waals surface area contributed by atoms with E-state index in [-0.39, 0.29) is 31.1 Å². The lowest BCUT2D eigenvalue weighted by molar-refractivity contribution is -0.167. The van der Waals surface area contributed by atoms with Gasteiger partial charge in [-0.2, -0.15) is 0 Å². The van der Waals surface area contributed by atoms with E-state index in [1.165, 1.54) is 116 Å². The Labute approximate surface area is 420 Å². The molecular formula is C62H106O6. The van der Waals surface area contributed by atoms with Crippen LogP contribution in [0.3, 0.4) is 0 Å². The van der Waals surface area contributed by atoms with Gasteiger partial charge in [0, 0.05) is 19.3 Å². The molecule has 0 radical (unpaired) electrons. The van der Waals surface area contributed by atoms with E-state index in [0.29, 0.717) is 19.3 Å². The van der Waals surface area contributed by atoms with Crippen LogP contribution in [-0.4, -0.2) is 37.2 Å². The molecule has 0 aromatic rings. The van der Waals surface area contributed by atoms with Crippen molar-refractivity contribution < 1.29 is 28.6 Å². The minimum Gasteiger partial charge on any atom is -0.462 e. The number of allylic oxidation sites excluding steroid dienone is 14. The first kappa shape index (κ1) is 64.6. The Bertz CT molecular complexity index is 1320. The van der Waals surface area contributed by atoms with Gasteiger partial charge in [0.15, 0.2) is 6.10 Å². The SMILES string of the molecule is CC/C=C\C/C=C\C/C=C\CCCCCC(=O)OCC(COC(=O)CCCCCCCC/C=C\C/C=C\C/C=C\CCCCCCC)OC(=O)CCCCCCC/C=C\CCCCCCCCC. The van der Waals surface area contributed by atoms with Crippen molar-refractivity contribution in [1.29, 1.82) is 0 Å². The number of esters is 3. The summed E-state index contributed by atoms with van der Waals surface area (Å²) in [4.78, 5) is 38.1. The average molecular weight is 948 g/mol. The van der Waals surface area contributed by atoms with Crippen LogP contribution in [0.4, 0.5) is 0 Å². The van der Waals surface area contributed by atoms with E-state index in [9.17, 15) is 14.4 Å². The van der Waals surface area contributed by atoms with Crippen LogP contribution in [0.2, 0.25) is 0 Å². The zero-order valence-corrected chi connectivity index (χ0v) is 44.6. The van der Waals surface area contributed by atoms with Crippen LogP contribution in [0, 0.1) is 0 Å². The third kappa shape index (κ3) is 53.5. The maximum absolute atomic E-state index is 12.8. The minimum absolute atomic E-state index is 0.0963. The van der Waals surface area contributed by atoms with Gasteiger partial charge in [-0.05, 0) is 116 Å². The molecule has 0 aromatic carbocycles. The van der Waals surface area contributed by atoms with E-state index >= 15 is 0 Å². The van der Waals surface area contributed by atoms with Gasteiger partial charge in [0.05, 0.1) is 0 Å². The molecular weight excluding hydrogens is 841 g/mol. The molecule has 6 nitrogen and oxygen atoms in total. The van der Waals surface area contributed by atoms with Crippen LogP contribution in [0.5, 0.6) is 0 Å². The molecule has 0 bridgehead atoms. The Hall–Kier alpha value is -3.41. The highest BCUT2D eigenvalue weighted by atomic mass is 16.6. The molecule has 0 heterocycles. The molecule has 0 spiro atoms. The summed E-state index contributed by atoms with van der Waals surface area (Å²) in [6.45, 7) is 6.48. The molecule has 1 unspecified atom stereocenters. The molecule has 0 aliphatic heterocycles. The second kappa shape index (κ2) is 56.2. The van der Waals surface area contributed by atoms with Gasteiger partial charge in [-0.15, -0.1) is 0 Å². The predicted octanol–water partition coefficient (Wildman–Crippen LogP) is 19.2. The van der Waals surface area contributed by atoms with E-state index in [1.54, 1.807) is 0 Å². The number of ether oxygens (including phenoxy) is 3. The monoisotopic (exact) mass is 947 g/mol. The quantitative estimate of drug-likeness (QED) is 0.0262. The van der Waals surface area contributed by atoms with Gasteiger partial charge >= 0.3 is 17.9 Å². The number of unbranched alkanes of at least 4 members (excludes halogenated alkanes) is 26. The molecule has 0 aliphatic carbocycles. The highest BCUT2D eigenvalue weighted by Crippen LogP contribution is 2.14.